The summed E-state index contributed by atoms with van der Waals surface area (Å²) < 4.78 is 4.87. The molecule has 1 rings (SSSR count). The molecule has 1 saturated heterocycles. The average molecular weight is 356 g/mol. The van der Waals surface area contributed by atoms with Crippen molar-refractivity contribution in [3.8, 4) is 0 Å². The van der Waals surface area contributed by atoms with E-state index in [4.69, 9.17) is 4.74 Å². The molecule has 0 aromatic carbocycles. The number of nitrogens with zero attached hydrogens (tertiary/aromatic N) is 1. The average Bonchev–Trinajstić information content (AvgIpc) is 2.58. The number of hydrogen-bond acceptors (Lipinski definition) is 6. The third-order valence-electron chi connectivity index (χ3n) is 3.13. The molecular formula is C15H24N4O6. The van der Waals surface area contributed by atoms with Crippen LogP contribution in [0, 0.1) is 0 Å². The Labute approximate surface area is 145 Å². The molecule has 0 aliphatic carbocycles. The quantitative estimate of drug-likeness (QED) is 0.475. The number of esters is 1. The van der Waals surface area contributed by atoms with Crippen LogP contribution >= 0.6 is 0 Å². The van der Waals surface area contributed by atoms with Crippen molar-refractivity contribution in [2.24, 2.45) is 0 Å². The van der Waals surface area contributed by atoms with Crippen LogP contribution in [0.4, 0.5) is 9.59 Å². The van der Waals surface area contributed by atoms with Crippen LogP contribution in [0.15, 0.2) is 0 Å². The lowest BCUT2D eigenvalue weighted by molar-refractivity contribution is -0.156. The molecule has 1 aliphatic rings. The Morgan fingerprint density at radius 1 is 1.24 bits per heavy atom. The van der Waals surface area contributed by atoms with Gasteiger partial charge in [-0.1, -0.05) is 0 Å². The SMILES string of the molecule is CC(OC(=O)CN1C(=O)NC(C)(C)C1=O)C(=O)NC(=O)NC(C)(C)C. The van der Waals surface area contributed by atoms with Crippen LogP contribution in [0.5, 0.6) is 0 Å². The zero-order valence-corrected chi connectivity index (χ0v) is 15.2. The van der Waals surface area contributed by atoms with Crippen LogP contribution < -0.4 is 16.0 Å². The fraction of sp³-hybridized carbons (Fsp3) is 0.667. The van der Waals surface area contributed by atoms with Crippen molar-refractivity contribution in [2.45, 2.75) is 58.7 Å². The number of imide groups is 2. The second-order valence-corrected chi connectivity index (χ2v) is 7.27. The first-order valence-corrected chi connectivity index (χ1v) is 7.69. The van der Waals surface area contributed by atoms with E-state index in [-0.39, 0.29) is 0 Å². The number of carbonyl (C=O) groups is 5. The van der Waals surface area contributed by atoms with Gasteiger partial charge in [-0.15, -0.1) is 0 Å². The molecule has 1 heterocycles. The van der Waals surface area contributed by atoms with E-state index in [9.17, 15) is 24.0 Å². The number of ether oxygens (including phenoxy) is 1. The second-order valence-electron chi connectivity index (χ2n) is 7.27. The van der Waals surface area contributed by atoms with Crippen molar-refractivity contribution in [2.75, 3.05) is 6.54 Å². The van der Waals surface area contributed by atoms with Gasteiger partial charge in [-0.05, 0) is 41.5 Å². The monoisotopic (exact) mass is 356 g/mol. The Balaban J connectivity index is 2.54. The van der Waals surface area contributed by atoms with E-state index in [0.717, 1.165) is 0 Å². The topological polar surface area (TPSA) is 134 Å². The molecule has 0 aromatic rings. The van der Waals surface area contributed by atoms with Crippen LogP contribution in [0.1, 0.15) is 41.5 Å². The van der Waals surface area contributed by atoms with E-state index < -0.39 is 53.6 Å². The Morgan fingerprint density at radius 3 is 2.24 bits per heavy atom. The molecule has 3 N–H and O–H groups in total. The molecule has 10 nitrogen and oxygen atoms in total. The molecule has 0 aromatic heterocycles. The van der Waals surface area contributed by atoms with E-state index in [1.807, 2.05) is 5.32 Å². The first kappa shape index (κ1) is 20.4. The van der Waals surface area contributed by atoms with Gasteiger partial charge in [-0.25, -0.2) is 9.59 Å². The summed E-state index contributed by atoms with van der Waals surface area (Å²) in [4.78, 5) is 59.7. The fourth-order valence-corrected chi connectivity index (χ4v) is 1.96. The van der Waals surface area contributed by atoms with Crippen molar-refractivity contribution in [1.29, 1.82) is 0 Å². The summed E-state index contributed by atoms with van der Waals surface area (Å²) in [6.45, 7) is 8.86. The van der Waals surface area contributed by atoms with Gasteiger partial charge in [-0.2, -0.15) is 0 Å². The maximum absolute atomic E-state index is 12.0. The van der Waals surface area contributed by atoms with E-state index in [1.54, 1.807) is 20.8 Å². The molecule has 1 unspecified atom stereocenters. The minimum absolute atomic E-state index is 0.541. The number of hydrogen-bond donors (Lipinski definition) is 3. The van der Waals surface area contributed by atoms with Gasteiger partial charge in [0.1, 0.15) is 12.1 Å². The predicted octanol–water partition coefficient (Wildman–Crippen LogP) is -0.127. The van der Waals surface area contributed by atoms with E-state index in [1.165, 1.54) is 20.8 Å². The Kier molecular flexibility index (Phi) is 5.77. The van der Waals surface area contributed by atoms with Gasteiger partial charge in [0, 0.05) is 5.54 Å². The maximum atomic E-state index is 12.0. The second kappa shape index (κ2) is 7.08. The van der Waals surface area contributed by atoms with Gasteiger partial charge in [0.05, 0.1) is 0 Å². The van der Waals surface area contributed by atoms with Crippen molar-refractivity contribution < 1.29 is 28.7 Å². The third kappa shape index (κ3) is 5.73. The lowest BCUT2D eigenvalue weighted by atomic mass is 10.1. The van der Waals surface area contributed by atoms with Crippen molar-refractivity contribution in [3.05, 3.63) is 0 Å². The summed E-state index contributed by atoms with van der Waals surface area (Å²) in [6.07, 6.45) is -1.27. The van der Waals surface area contributed by atoms with Crippen LogP contribution in [0.3, 0.4) is 0 Å². The summed E-state index contributed by atoms with van der Waals surface area (Å²) in [5, 5.41) is 6.98. The molecule has 6 amide bonds. The number of amides is 6. The van der Waals surface area contributed by atoms with Gasteiger partial charge < -0.3 is 15.4 Å². The highest BCUT2D eigenvalue weighted by Gasteiger charge is 2.45. The first-order valence-electron chi connectivity index (χ1n) is 7.69. The van der Waals surface area contributed by atoms with Crippen LogP contribution in [0.25, 0.3) is 0 Å². The fourth-order valence-electron chi connectivity index (χ4n) is 1.96. The number of carbonyl (C=O) groups excluding carboxylic acids is 5. The van der Waals surface area contributed by atoms with E-state index >= 15 is 0 Å². The molecule has 1 atom stereocenters. The minimum atomic E-state index is -1.27. The number of rotatable bonds is 4. The van der Waals surface area contributed by atoms with Gasteiger partial charge >= 0.3 is 18.0 Å². The molecule has 1 fully saturated rings. The summed E-state index contributed by atoms with van der Waals surface area (Å²) in [5.41, 5.74) is -1.65. The van der Waals surface area contributed by atoms with Gasteiger partial charge in [0.25, 0.3) is 11.8 Å². The van der Waals surface area contributed by atoms with Crippen LogP contribution in [0.2, 0.25) is 0 Å². The maximum Gasteiger partial charge on any atom is 0.327 e. The summed E-state index contributed by atoms with van der Waals surface area (Å²) in [5.74, 6) is -2.34. The normalized spacial score (nSPS) is 17.6. The molecule has 1 aliphatic heterocycles. The largest absolute Gasteiger partial charge is 0.451 e. The van der Waals surface area contributed by atoms with Gasteiger partial charge in [0.2, 0.25) is 0 Å². The highest BCUT2D eigenvalue weighted by Crippen LogP contribution is 2.16. The van der Waals surface area contributed by atoms with Crippen LogP contribution in [-0.4, -0.2) is 58.5 Å². The summed E-state index contributed by atoms with van der Waals surface area (Å²) in [7, 11) is 0. The third-order valence-corrected chi connectivity index (χ3v) is 3.13. The molecule has 25 heavy (non-hydrogen) atoms. The molecule has 0 radical (unpaired) electrons. The molecular weight excluding hydrogens is 332 g/mol. The first-order chi connectivity index (χ1) is 11.2. The molecule has 0 spiro atoms. The standard InChI is InChI=1S/C15H24N4O6/c1-8(10(21)16-12(23)17-14(2,3)4)25-9(20)7-19-11(22)15(5,6)18-13(19)24/h8H,7H2,1-6H3,(H,18,24)(H2,16,17,21,23). The van der Waals surface area contributed by atoms with Gasteiger partial charge in [0.15, 0.2) is 6.10 Å². The highest BCUT2D eigenvalue weighted by atomic mass is 16.5. The van der Waals surface area contributed by atoms with E-state index in [0.29, 0.717) is 4.90 Å². The molecule has 10 heteroatoms. The Morgan fingerprint density at radius 2 is 1.80 bits per heavy atom. The number of nitrogens with one attached hydrogen (secondary N) is 3. The Hall–Kier alpha value is -2.65. The van der Waals surface area contributed by atoms with Crippen molar-refractivity contribution >= 4 is 29.8 Å². The zero-order chi connectivity index (χ0) is 19.6. The van der Waals surface area contributed by atoms with Crippen molar-refractivity contribution in [1.82, 2.24) is 20.9 Å². The molecule has 140 valence electrons. The Bertz CT molecular complexity index is 608. The van der Waals surface area contributed by atoms with Gasteiger partial charge in [-0.3, -0.25) is 24.6 Å². The minimum Gasteiger partial charge on any atom is -0.451 e. The lowest BCUT2D eigenvalue weighted by Crippen LogP contribution is -2.51. The number of urea groups is 2. The van der Waals surface area contributed by atoms with Crippen LogP contribution in [-0.2, 0) is 19.1 Å². The lowest BCUT2D eigenvalue weighted by Gasteiger charge is -2.21. The van der Waals surface area contributed by atoms with E-state index in [2.05, 4.69) is 10.6 Å². The zero-order valence-electron chi connectivity index (χ0n) is 15.2. The predicted molar refractivity (Wildman–Crippen MR) is 86.3 cm³/mol. The van der Waals surface area contributed by atoms with Crippen molar-refractivity contribution in [3.63, 3.8) is 0 Å². The highest BCUT2D eigenvalue weighted by molar-refractivity contribution is 6.08. The summed E-state index contributed by atoms with van der Waals surface area (Å²) >= 11 is 0. The molecule has 0 saturated carbocycles. The molecule has 0 bridgehead atoms. The smallest absolute Gasteiger partial charge is 0.327 e. The summed E-state index contributed by atoms with van der Waals surface area (Å²) in [6, 6.07) is -1.44.